The van der Waals surface area contributed by atoms with Crippen molar-refractivity contribution in [3.05, 3.63) is 12.2 Å². The van der Waals surface area contributed by atoms with Crippen molar-refractivity contribution in [2.75, 3.05) is 13.2 Å². The molecule has 0 heterocycles. The van der Waals surface area contributed by atoms with E-state index < -0.39 is 12.1 Å². The van der Waals surface area contributed by atoms with Gasteiger partial charge in [0.1, 0.15) is 0 Å². The topological polar surface area (TPSA) is 95.9 Å². The van der Waals surface area contributed by atoms with Crippen molar-refractivity contribution in [3.63, 3.8) is 0 Å². The summed E-state index contributed by atoms with van der Waals surface area (Å²) >= 11 is 0. The van der Waals surface area contributed by atoms with Gasteiger partial charge in [-0.3, -0.25) is 9.59 Å². The largest absolute Gasteiger partial charge is 0.466 e. The third-order valence-corrected chi connectivity index (χ3v) is 14.3. The van der Waals surface area contributed by atoms with Gasteiger partial charge in [0.25, 0.3) is 0 Å². The van der Waals surface area contributed by atoms with Crippen molar-refractivity contribution >= 4 is 11.9 Å². The average molecular weight is 947 g/mol. The van der Waals surface area contributed by atoms with E-state index in [9.17, 15) is 19.8 Å². The number of nitrogens with one attached hydrogen (secondary N) is 1. The first-order valence-corrected chi connectivity index (χ1v) is 30.4. The normalized spacial score (nSPS) is 12.6. The number of ether oxygens (including phenoxy) is 1. The van der Waals surface area contributed by atoms with Gasteiger partial charge in [0.2, 0.25) is 5.91 Å². The van der Waals surface area contributed by atoms with Crippen LogP contribution in [0.1, 0.15) is 341 Å². The molecular weight excluding hydrogens is 827 g/mol. The van der Waals surface area contributed by atoms with Crippen LogP contribution in [0.15, 0.2) is 12.2 Å². The molecule has 0 bridgehead atoms. The van der Waals surface area contributed by atoms with E-state index in [1.54, 1.807) is 0 Å². The van der Waals surface area contributed by atoms with Crippen molar-refractivity contribution in [3.8, 4) is 0 Å². The molecule has 67 heavy (non-hydrogen) atoms. The predicted molar refractivity (Wildman–Crippen MR) is 292 cm³/mol. The van der Waals surface area contributed by atoms with E-state index in [-0.39, 0.29) is 18.5 Å². The van der Waals surface area contributed by atoms with Crippen molar-refractivity contribution in [2.45, 2.75) is 353 Å². The molecule has 0 aromatic heterocycles. The third-order valence-electron chi connectivity index (χ3n) is 14.3. The molecular formula is C61H119NO5. The van der Waals surface area contributed by atoms with Crippen LogP contribution in [0.5, 0.6) is 0 Å². The molecule has 6 heteroatoms. The third kappa shape index (κ3) is 53.8. The van der Waals surface area contributed by atoms with Gasteiger partial charge in [0, 0.05) is 12.8 Å². The Morgan fingerprint density at radius 2 is 0.701 bits per heavy atom. The molecule has 0 saturated carbocycles. The number of hydrogen-bond acceptors (Lipinski definition) is 5. The van der Waals surface area contributed by atoms with Crippen LogP contribution in [-0.2, 0) is 14.3 Å². The highest BCUT2D eigenvalue weighted by Gasteiger charge is 2.20. The average Bonchev–Trinajstić information content (AvgIpc) is 3.33. The number of unbranched alkanes of at least 4 members (excludes halogenated alkanes) is 44. The lowest BCUT2D eigenvalue weighted by Crippen LogP contribution is -2.45. The zero-order chi connectivity index (χ0) is 48.6. The molecule has 398 valence electrons. The van der Waals surface area contributed by atoms with Gasteiger partial charge in [-0.15, -0.1) is 0 Å². The SMILES string of the molecule is CCCCCC/C=C\CCCCCCCC(=O)OCCCCCCCCCCCCCCCCCCC(=O)NC(CO)C(O)CCCCCCCCCCCCCCCCCCCCCCC. The van der Waals surface area contributed by atoms with Gasteiger partial charge in [0.15, 0.2) is 0 Å². The van der Waals surface area contributed by atoms with Crippen LogP contribution in [0.4, 0.5) is 0 Å². The van der Waals surface area contributed by atoms with Gasteiger partial charge in [-0.25, -0.2) is 0 Å². The van der Waals surface area contributed by atoms with Crippen LogP contribution in [0, 0.1) is 0 Å². The molecule has 0 aliphatic heterocycles. The van der Waals surface area contributed by atoms with E-state index in [0.717, 1.165) is 44.9 Å². The van der Waals surface area contributed by atoms with Crippen LogP contribution >= 0.6 is 0 Å². The van der Waals surface area contributed by atoms with E-state index in [4.69, 9.17) is 4.74 Å². The minimum Gasteiger partial charge on any atom is -0.466 e. The highest BCUT2D eigenvalue weighted by atomic mass is 16.5. The lowest BCUT2D eigenvalue weighted by Gasteiger charge is -2.22. The summed E-state index contributed by atoms with van der Waals surface area (Å²) in [4.78, 5) is 24.5. The Bertz CT molecular complexity index is 1000. The van der Waals surface area contributed by atoms with E-state index in [1.807, 2.05) is 0 Å². The number of amides is 1. The maximum atomic E-state index is 12.5. The first kappa shape index (κ1) is 65.6. The quantitative estimate of drug-likeness (QED) is 0.0321. The minimum absolute atomic E-state index is 0.00508. The number of allylic oxidation sites excluding steroid dienone is 2. The lowest BCUT2D eigenvalue weighted by molar-refractivity contribution is -0.143. The molecule has 0 aromatic rings. The number of aliphatic hydroxyl groups excluding tert-OH is 2. The van der Waals surface area contributed by atoms with Gasteiger partial charge in [-0.2, -0.15) is 0 Å². The van der Waals surface area contributed by atoms with E-state index in [1.165, 1.54) is 263 Å². The monoisotopic (exact) mass is 946 g/mol. The number of aliphatic hydroxyl groups is 2. The molecule has 0 saturated heterocycles. The Morgan fingerprint density at radius 3 is 1.07 bits per heavy atom. The Kier molecular flexibility index (Phi) is 56.0. The van der Waals surface area contributed by atoms with E-state index in [2.05, 4.69) is 31.3 Å². The Labute approximate surface area is 419 Å². The molecule has 0 aromatic carbocycles. The minimum atomic E-state index is -0.669. The molecule has 1 amide bonds. The molecule has 0 spiro atoms. The van der Waals surface area contributed by atoms with Crippen LogP contribution < -0.4 is 5.32 Å². The number of carbonyl (C=O) groups excluding carboxylic acids is 2. The summed E-state index contributed by atoms with van der Waals surface area (Å²) in [5.74, 6) is -0.0433. The highest BCUT2D eigenvalue weighted by Crippen LogP contribution is 2.18. The Morgan fingerprint density at radius 1 is 0.403 bits per heavy atom. The zero-order valence-electron chi connectivity index (χ0n) is 45.4. The Balaban J connectivity index is 3.42. The number of hydrogen-bond donors (Lipinski definition) is 3. The maximum Gasteiger partial charge on any atom is 0.305 e. The highest BCUT2D eigenvalue weighted by molar-refractivity contribution is 5.76. The van der Waals surface area contributed by atoms with Gasteiger partial charge >= 0.3 is 5.97 Å². The first-order chi connectivity index (χ1) is 33.0. The molecule has 0 radical (unpaired) electrons. The number of rotatable bonds is 57. The number of esters is 1. The van der Waals surface area contributed by atoms with Crippen LogP contribution in [0.3, 0.4) is 0 Å². The molecule has 0 aliphatic carbocycles. The van der Waals surface area contributed by atoms with Gasteiger partial charge in [-0.1, -0.05) is 289 Å². The molecule has 3 N–H and O–H groups in total. The van der Waals surface area contributed by atoms with Gasteiger partial charge in [0.05, 0.1) is 25.4 Å². The molecule has 2 unspecified atom stereocenters. The van der Waals surface area contributed by atoms with E-state index in [0.29, 0.717) is 25.9 Å². The van der Waals surface area contributed by atoms with Crippen molar-refractivity contribution in [1.82, 2.24) is 5.32 Å². The van der Waals surface area contributed by atoms with Crippen molar-refractivity contribution < 1.29 is 24.5 Å². The lowest BCUT2D eigenvalue weighted by atomic mass is 10.0. The first-order valence-electron chi connectivity index (χ1n) is 30.4. The van der Waals surface area contributed by atoms with Gasteiger partial charge < -0.3 is 20.3 Å². The summed E-state index contributed by atoms with van der Waals surface area (Å²) in [6, 6.07) is -0.547. The van der Waals surface area contributed by atoms with E-state index >= 15 is 0 Å². The van der Waals surface area contributed by atoms with Crippen molar-refractivity contribution in [2.24, 2.45) is 0 Å². The summed E-state index contributed by atoms with van der Waals surface area (Å²) in [5.41, 5.74) is 0. The zero-order valence-corrected chi connectivity index (χ0v) is 45.4. The molecule has 0 fully saturated rings. The summed E-state index contributed by atoms with van der Waals surface area (Å²) in [7, 11) is 0. The number of carbonyl (C=O) groups is 2. The van der Waals surface area contributed by atoms with Gasteiger partial charge in [-0.05, 0) is 51.4 Å². The van der Waals surface area contributed by atoms with Crippen LogP contribution in [-0.4, -0.2) is 47.4 Å². The molecule has 2 atom stereocenters. The van der Waals surface area contributed by atoms with Crippen molar-refractivity contribution in [1.29, 1.82) is 0 Å². The second kappa shape index (κ2) is 57.2. The second-order valence-electron chi connectivity index (χ2n) is 21.0. The standard InChI is InChI=1S/C61H119NO5/c1-3-5-7-9-11-13-15-17-18-19-20-21-22-23-26-30-33-37-41-45-49-53-59(64)58(57-63)62-60(65)54-50-46-42-38-34-31-27-24-25-28-32-36-40-44-48-52-56-67-61(66)55-51-47-43-39-35-29-16-14-12-10-8-6-4-2/h14,16,58-59,63-64H,3-13,15,17-57H2,1-2H3,(H,62,65)/b16-14-. The fourth-order valence-electron chi connectivity index (χ4n) is 9.64. The summed E-state index contributed by atoms with van der Waals surface area (Å²) < 4.78 is 5.47. The summed E-state index contributed by atoms with van der Waals surface area (Å²) in [6.45, 7) is 4.95. The summed E-state index contributed by atoms with van der Waals surface area (Å²) in [5, 5.41) is 23.4. The smallest absolute Gasteiger partial charge is 0.305 e. The molecule has 0 aliphatic rings. The fourth-order valence-corrected chi connectivity index (χ4v) is 9.64. The fraction of sp³-hybridized carbons (Fsp3) is 0.934. The Hall–Kier alpha value is -1.40. The second-order valence-corrected chi connectivity index (χ2v) is 21.0. The molecule has 0 rings (SSSR count). The maximum absolute atomic E-state index is 12.5. The summed E-state index contributed by atoms with van der Waals surface area (Å²) in [6.07, 6.45) is 67.8. The van der Waals surface area contributed by atoms with Crippen LogP contribution in [0.25, 0.3) is 0 Å². The molecule has 6 nitrogen and oxygen atoms in total. The van der Waals surface area contributed by atoms with Crippen LogP contribution in [0.2, 0.25) is 0 Å². The predicted octanol–water partition coefficient (Wildman–Crippen LogP) is 18.9.